The van der Waals surface area contributed by atoms with Crippen LogP contribution in [-0.2, 0) is 4.79 Å². The van der Waals surface area contributed by atoms with Crippen molar-refractivity contribution in [2.24, 2.45) is 0 Å². The maximum Gasteiger partial charge on any atom is 0.267 e. The van der Waals surface area contributed by atoms with Crippen LogP contribution < -0.4 is 14.8 Å². The van der Waals surface area contributed by atoms with E-state index in [1.165, 1.54) is 0 Å². The lowest BCUT2D eigenvalue weighted by Gasteiger charge is -2.35. The van der Waals surface area contributed by atoms with Gasteiger partial charge in [-0.05, 0) is 32.0 Å². The summed E-state index contributed by atoms with van der Waals surface area (Å²) >= 11 is 0. The van der Waals surface area contributed by atoms with Gasteiger partial charge in [0.1, 0.15) is 6.10 Å². The van der Waals surface area contributed by atoms with Crippen LogP contribution in [0.25, 0.3) is 0 Å². The largest absolute Gasteiger partial charge is 0.482 e. The van der Waals surface area contributed by atoms with Gasteiger partial charge in [0.25, 0.3) is 5.91 Å². The van der Waals surface area contributed by atoms with Gasteiger partial charge in [0.15, 0.2) is 11.5 Å². The highest BCUT2D eigenvalue weighted by Crippen LogP contribution is 2.34. The summed E-state index contributed by atoms with van der Waals surface area (Å²) in [4.78, 5) is 14.4. The maximum atomic E-state index is 12.6. The maximum absolute atomic E-state index is 12.6. The van der Waals surface area contributed by atoms with Crippen molar-refractivity contribution in [3.05, 3.63) is 24.3 Å². The minimum Gasteiger partial charge on any atom is -0.482 e. The predicted octanol–water partition coefficient (Wildman–Crippen LogP) is 1.04. The van der Waals surface area contributed by atoms with Crippen LogP contribution in [0.1, 0.15) is 13.3 Å². The third-order valence-electron chi connectivity index (χ3n) is 4.02. The fourth-order valence-electron chi connectivity index (χ4n) is 2.74. The highest BCUT2D eigenvalue weighted by Gasteiger charge is 2.38. The van der Waals surface area contributed by atoms with Gasteiger partial charge in [-0.25, -0.2) is 0 Å². The molecule has 1 amide bonds. The zero-order valence-corrected chi connectivity index (χ0v) is 11.8. The lowest BCUT2D eigenvalue weighted by atomic mass is 10.1. The Bertz CT molecular complexity index is 500. The summed E-state index contributed by atoms with van der Waals surface area (Å²) in [5.74, 6) is 1.33. The second kappa shape index (κ2) is 5.32. The van der Waals surface area contributed by atoms with Crippen molar-refractivity contribution in [1.29, 1.82) is 0 Å². The molecule has 3 atom stereocenters. The van der Waals surface area contributed by atoms with Crippen LogP contribution in [0, 0.1) is 0 Å². The molecule has 0 spiro atoms. The zero-order chi connectivity index (χ0) is 14.1. The summed E-state index contributed by atoms with van der Waals surface area (Å²) in [5, 5.41) is 3.27. The SMILES string of the molecule is CC1Oc2ccccc2OC1C(=O)N(C)C1CCNC1. The van der Waals surface area contributed by atoms with Gasteiger partial charge in [-0.15, -0.1) is 0 Å². The summed E-state index contributed by atoms with van der Waals surface area (Å²) in [5.41, 5.74) is 0. The molecule has 5 nitrogen and oxygen atoms in total. The van der Waals surface area contributed by atoms with E-state index in [1.54, 1.807) is 4.90 Å². The van der Waals surface area contributed by atoms with Gasteiger partial charge in [-0.3, -0.25) is 4.79 Å². The monoisotopic (exact) mass is 276 g/mol. The van der Waals surface area contributed by atoms with E-state index in [0.29, 0.717) is 11.5 Å². The number of nitrogens with zero attached hydrogens (tertiary/aromatic N) is 1. The van der Waals surface area contributed by atoms with Crippen LogP contribution >= 0.6 is 0 Å². The smallest absolute Gasteiger partial charge is 0.267 e. The van der Waals surface area contributed by atoms with Gasteiger partial charge >= 0.3 is 0 Å². The first-order chi connectivity index (χ1) is 9.66. The molecule has 2 heterocycles. The topological polar surface area (TPSA) is 50.8 Å². The fraction of sp³-hybridized carbons (Fsp3) is 0.533. The summed E-state index contributed by atoms with van der Waals surface area (Å²) in [6, 6.07) is 7.71. The molecule has 1 saturated heterocycles. The van der Waals surface area contributed by atoms with Crippen LogP contribution in [0.3, 0.4) is 0 Å². The highest BCUT2D eigenvalue weighted by atomic mass is 16.6. The van der Waals surface area contributed by atoms with Gasteiger partial charge in [0.05, 0.1) is 0 Å². The van der Waals surface area contributed by atoms with E-state index >= 15 is 0 Å². The molecule has 1 aromatic carbocycles. The number of amides is 1. The molecule has 1 fully saturated rings. The third kappa shape index (κ3) is 2.33. The van der Waals surface area contributed by atoms with Crippen LogP contribution in [0.4, 0.5) is 0 Å². The third-order valence-corrected chi connectivity index (χ3v) is 4.02. The molecule has 3 rings (SSSR count). The standard InChI is InChI=1S/C15H20N2O3/c1-10-14(15(18)17(2)11-7-8-16-9-11)20-13-6-4-3-5-12(13)19-10/h3-6,10-11,14,16H,7-9H2,1-2H3. The molecular weight excluding hydrogens is 256 g/mol. The van der Waals surface area contributed by atoms with E-state index in [0.717, 1.165) is 19.5 Å². The van der Waals surface area contributed by atoms with E-state index in [4.69, 9.17) is 9.47 Å². The zero-order valence-electron chi connectivity index (χ0n) is 11.8. The van der Waals surface area contributed by atoms with E-state index < -0.39 is 6.10 Å². The minimum absolute atomic E-state index is 0.0132. The number of ether oxygens (including phenoxy) is 2. The summed E-state index contributed by atoms with van der Waals surface area (Å²) in [6.45, 7) is 3.68. The van der Waals surface area contributed by atoms with E-state index in [-0.39, 0.29) is 18.1 Å². The predicted molar refractivity (Wildman–Crippen MR) is 75.0 cm³/mol. The van der Waals surface area contributed by atoms with Crippen molar-refractivity contribution >= 4 is 5.91 Å². The number of carbonyl (C=O) groups excluding carboxylic acids is 1. The molecule has 20 heavy (non-hydrogen) atoms. The second-order valence-corrected chi connectivity index (χ2v) is 5.40. The van der Waals surface area contributed by atoms with Gasteiger partial charge in [-0.1, -0.05) is 12.1 Å². The summed E-state index contributed by atoms with van der Waals surface area (Å²) in [7, 11) is 1.84. The number of nitrogens with one attached hydrogen (secondary N) is 1. The van der Waals surface area contributed by atoms with E-state index in [2.05, 4.69) is 5.32 Å². The number of rotatable bonds is 2. The lowest BCUT2D eigenvalue weighted by molar-refractivity contribution is -0.144. The number of benzene rings is 1. The number of carbonyl (C=O) groups is 1. The number of hydrogen-bond donors (Lipinski definition) is 1. The van der Waals surface area contributed by atoms with Crippen LogP contribution in [0.2, 0.25) is 0 Å². The molecule has 0 bridgehead atoms. The number of likely N-dealkylation sites (N-methyl/N-ethyl adjacent to an activating group) is 1. The first-order valence-corrected chi connectivity index (χ1v) is 7.06. The molecule has 108 valence electrons. The highest BCUT2D eigenvalue weighted by molar-refractivity contribution is 5.82. The summed E-state index contributed by atoms with van der Waals surface area (Å²) in [6.07, 6.45) is 0.130. The molecule has 0 saturated carbocycles. The average Bonchev–Trinajstić information content (AvgIpc) is 2.99. The van der Waals surface area contributed by atoms with Crippen molar-refractivity contribution in [3.63, 3.8) is 0 Å². The first-order valence-electron chi connectivity index (χ1n) is 7.06. The Kier molecular flexibility index (Phi) is 3.53. The van der Waals surface area contributed by atoms with Gasteiger partial charge in [0.2, 0.25) is 6.10 Å². The van der Waals surface area contributed by atoms with Crippen LogP contribution in [0.15, 0.2) is 24.3 Å². The number of fused-ring (bicyclic) bond motifs is 1. The van der Waals surface area contributed by atoms with Crippen molar-refractivity contribution in [1.82, 2.24) is 10.2 Å². The quantitative estimate of drug-likeness (QED) is 0.877. The van der Waals surface area contributed by atoms with Crippen molar-refractivity contribution in [2.45, 2.75) is 31.6 Å². The molecular formula is C15H20N2O3. The second-order valence-electron chi connectivity index (χ2n) is 5.40. The molecule has 1 aromatic rings. The normalized spacial score (nSPS) is 28.2. The van der Waals surface area contributed by atoms with Gasteiger partial charge in [-0.2, -0.15) is 0 Å². The summed E-state index contributed by atoms with van der Waals surface area (Å²) < 4.78 is 11.6. The molecule has 0 aromatic heterocycles. The Balaban J connectivity index is 1.75. The van der Waals surface area contributed by atoms with E-state index in [9.17, 15) is 4.79 Å². The molecule has 0 radical (unpaired) electrons. The molecule has 0 aliphatic carbocycles. The first kappa shape index (κ1) is 13.2. The molecule has 2 aliphatic rings. The Labute approximate surface area is 118 Å². The minimum atomic E-state index is -0.574. The molecule has 5 heteroatoms. The number of para-hydroxylation sites is 2. The molecule has 1 N–H and O–H groups in total. The average molecular weight is 276 g/mol. The van der Waals surface area contributed by atoms with Crippen molar-refractivity contribution in [2.75, 3.05) is 20.1 Å². The lowest BCUT2D eigenvalue weighted by Crippen LogP contribution is -2.52. The fourth-order valence-corrected chi connectivity index (χ4v) is 2.74. The van der Waals surface area contributed by atoms with Crippen LogP contribution in [0.5, 0.6) is 11.5 Å². The van der Waals surface area contributed by atoms with Crippen molar-refractivity contribution < 1.29 is 14.3 Å². The van der Waals surface area contributed by atoms with Crippen LogP contribution in [-0.4, -0.2) is 49.2 Å². The van der Waals surface area contributed by atoms with Crippen molar-refractivity contribution in [3.8, 4) is 11.5 Å². The Morgan fingerprint density at radius 2 is 2.00 bits per heavy atom. The van der Waals surface area contributed by atoms with E-state index in [1.807, 2.05) is 38.2 Å². The Morgan fingerprint density at radius 1 is 1.30 bits per heavy atom. The molecule has 2 aliphatic heterocycles. The molecule has 3 unspecified atom stereocenters. The number of hydrogen-bond acceptors (Lipinski definition) is 4. The Hall–Kier alpha value is -1.75. The van der Waals surface area contributed by atoms with Gasteiger partial charge in [0, 0.05) is 19.6 Å². The Morgan fingerprint density at radius 3 is 2.65 bits per heavy atom. The van der Waals surface area contributed by atoms with Gasteiger partial charge < -0.3 is 19.7 Å².